The van der Waals surface area contributed by atoms with E-state index in [9.17, 15) is 13.2 Å². The maximum absolute atomic E-state index is 14.2. The first-order valence-corrected chi connectivity index (χ1v) is 6.99. The lowest BCUT2D eigenvalue weighted by Gasteiger charge is -2.23. The first-order chi connectivity index (χ1) is 10.6. The Kier molecular flexibility index (Phi) is 5.69. The first-order valence-electron chi connectivity index (χ1n) is 6.99. The molecule has 2 rings (SSSR count). The summed E-state index contributed by atoms with van der Waals surface area (Å²) in [7, 11) is 1.18. The maximum atomic E-state index is 14.2. The minimum absolute atomic E-state index is 0.313. The molecule has 1 aliphatic rings. The van der Waals surface area contributed by atoms with Crippen molar-refractivity contribution in [1.29, 1.82) is 0 Å². The van der Waals surface area contributed by atoms with Crippen molar-refractivity contribution in [1.82, 2.24) is 0 Å². The van der Waals surface area contributed by atoms with Gasteiger partial charge in [0.25, 0.3) is 0 Å². The Bertz CT molecular complexity index is 575. The highest BCUT2D eigenvalue weighted by molar-refractivity contribution is 5.42. The molecule has 1 atom stereocenters. The van der Waals surface area contributed by atoms with Crippen LogP contribution in [0.25, 0.3) is 0 Å². The summed E-state index contributed by atoms with van der Waals surface area (Å²) in [6, 6.07) is 0. The van der Waals surface area contributed by atoms with Gasteiger partial charge in [-0.25, -0.2) is 13.2 Å². The van der Waals surface area contributed by atoms with Gasteiger partial charge in [0.05, 0.1) is 19.3 Å². The van der Waals surface area contributed by atoms with Crippen LogP contribution in [0.15, 0.2) is 0 Å². The van der Waals surface area contributed by atoms with Crippen LogP contribution in [0.2, 0.25) is 0 Å². The molecule has 6 heteroatoms. The fourth-order valence-corrected chi connectivity index (χ4v) is 2.35. The number of hydrogen-bond donors (Lipinski definition) is 0. The molecule has 0 amide bonds. The van der Waals surface area contributed by atoms with E-state index in [0.717, 1.165) is 12.8 Å². The van der Waals surface area contributed by atoms with E-state index in [1.165, 1.54) is 7.11 Å². The molecule has 120 valence electrons. The number of rotatable bonds is 5. The predicted molar refractivity (Wildman–Crippen MR) is 73.8 cm³/mol. The highest BCUT2D eigenvalue weighted by atomic mass is 19.2. The fraction of sp³-hybridized carbons (Fsp3) is 0.500. The molecule has 1 aliphatic heterocycles. The van der Waals surface area contributed by atoms with Crippen LogP contribution in [0, 0.1) is 29.8 Å². The second kappa shape index (κ2) is 7.52. The number of terminal acetylenes is 1. The van der Waals surface area contributed by atoms with Crippen LogP contribution >= 0.6 is 0 Å². The molecule has 0 spiro atoms. The Balaban J connectivity index is 2.27. The third kappa shape index (κ3) is 3.37. The van der Waals surface area contributed by atoms with Gasteiger partial charge in [-0.2, -0.15) is 0 Å². The Labute approximate surface area is 127 Å². The summed E-state index contributed by atoms with van der Waals surface area (Å²) in [6.45, 7) is 0.206. The van der Waals surface area contributed by atoms with Crippen molar-refractivity contribution in [2.45, 2.75) is 38.6 Å². The van der Waals surface area contributed by atoms with E-state index in [4.69, 9.17) is 20.6 Å². The standard InChI is InChI=1S/C16H17F3O3/c1-3-6-10-13(17)14(18)11(16(20-2)15(10)19)9-22-12-7-4-5-8-21-12/h1,12H,4-9H2,2H3. The highest BCUT2D eigenvalue weighted by Gasteiger charge is 2.26. The van der Waals surface area contributed by atoms with E-state index < -0.39 is 29.3 Å². The highest BCUT2D eigenvalue weighted by Crippen LogP contribution is 2.32. The molecule has 0 aliphatic carbocycles. The third-order valence-electron chi connectivity index (χ3n) is 3.50. The molecule has 22 heavy (non-hydrogen) atoms. The molecule has 0 bridgehead atoms. The number of hydrogen-bond acceptors (Lipinski definition) is 3. The van der Waals surface area contributed by atoms with Gasteiger partial charge in [-0.15, -0.1) is 12.3 Å². The largest absolute Gasteiger partial charge is 0.493 e. The van der Waals surface area contributed by atoms with Crippen LogP contribution in [0.5, 0.6) is 5.75 Å². The number of benzene rings is 1. The molecule has 0 aromatic heterocycles. The molecule has 0 saturated carbocycles. The molecular weight excluding hydrogens is 297 g/mol. The molecule has 0 N–H and O–H groups in total. The second-order valence-electron chi connectivity index (χ2n) is 4.92. The Morgan fingerprint density at radius 2 is 1.91 bits per heavy atom. The SMILES string of the molecule is C#CCc1c(F)c(F)c(COC2CCCCO2)c(OC)c1F. The van der Waals surface area contributed by atoms with Crippen molar-refractivity contribution in [2.75, 3.05) is 13.7 Å². The van der Waals surface area contributed by atoms with Crippen LogP contribution in [0.3, 0.4) is 0 Å². The van der Waals surface area contributed by atoms with Crippen molar-refractivity contribution < 1.29 is 27.4 Å². The molecule has 1 heterocycles. The zero-order valence-electron chi connectivity index (χ0n) is 12.3. The van der Waals surface area contributed by atoms with Crippen LogP contribution in [0.4, 0.5) is 13.2 Å². The van der Waals surface area contributed by atoms with E-state index >= 15 is 0 Å². The summed E-state index contributed by atoms with van der Waals surface area (Å²) in [5.74, 6) is -1.81. The topological polar surface area (TPSA) is 27.7 Å². The van der Waals surface area contributed by atoms with Gasteiger partial charge in [0.15, 0.2) is 29.5 Å². The smallest absolute Gasteiger partial charge is 0.172 e. The zero-order chi connectivity index (χ0) is 16.1. The van der Waals surface area contributed by atoms with Crippen molar-refractivity contribution >= 4 is 0 Å². The minimum atomic E-state index is -1.31. The Hall–Kier alpha value is -1.71. The van der Waals surface area contributed by atoms with Gasteiger partial charge in [-0.3, -0.25) is 0 Å². The van der Waals surface area contributed by atoms with Crippen LogP contribution in [0.1, 0.15) is 30.4 Å². The lowest BCUT2D eigenvalue weighted by molar-refractivity contribution is -0.169. The average Bonchev–Trinajstić information content (AvgIpc) is 2.54. The maximum Gasteiger partial charge on any atom is 0.172 e. The lowest BCUT2D eigenvalue weighted by Crippen LogP contribution is -2.22. The van der Waals surface area contributed by atoms with Gasteiger partial charge in [0.2, 0.25) is 0 Å². The van der Waals surface area contributed by atoms with E-state index in [-0.39, 0.29) is 24.3 Å². The summed E-state index contributed by atoms with van der Waals surface area (Å²) < 4.78 is 57.9. The van der Waals surface area contributed by atoms with Crippen molar-refractivity contribution in [3.63, 3.8) is 0 Å². The van der Waals surface area contributed by atoms with Gasteiger partial charge >= 0.3 is 0 Å². The fourth-order valence-electron chi connectivity index (χ4n) is 2.35. The molecule has 0 radical (unpaired) electrons. The summed E-state index contributed by atoms with van der Waals surface area (Å²) >= 11 is 0. The number of halogens is 3. The minimum Gasteiger partial charge on any atom is -0.493 e. The molecular formula is C16H17F3O3. The van der Waals surface area contributed by atoms with E-state index in [1.807, 2.05) is 0 Å². The molecule has 1 unspecified atom stereocenters. The third-order valence-corrected chi connectivity index (χ3v) is 3.50. The van der Waals surface area contributed by atoms with Crippen molar-refractivity contribution in [2.24, 2.45) is 0 Å². The first kappa shape index (κ1) is 16.7. The summed E-state index contributed by atoms with van der Waals surface area (Å²) in [5, 5.41) is 0. The van der Waals surface area contributed by atoms with E-state index in [2.05, 4.69) is 5.92 Å². The average molecular weight is 314 g/mol. The van der Waals surface area contributed by atoms with E-state index in [1.54, 1.807) is 0 Å². The normalized spacial score (nSPS) is 18.0. The van der Waals surface area contributed by atoms with Gasteiger partial charge in [0, 0.05) is 18.6 Å². The van der Waals surface area contributed by atoms with Gasteiger partial charge in [-0.05, 0) is 19.3 Å². The number of ether oxygens (including phenoxy) is 3. The monoisotopic (exact) mass is 314 g/mol. The van der Waals surface area contributed by atoms with E-state index in [0.29, 0.717) is 13.0 Å². The summed E-state index contributed by atoms with van der Waals surface area (Å²) in [4.78, 5) is 0. The summed E-state index contributed by atoms with van der Waals surface area (Å²) in [5.41, 5.74) is -0.832. The lowest BCUT2D eigenvalue weighted by atomic mass is 10.1. The molecule has 1 aromatic rings. The number of methoxy groups -OCH3 is 1. The zero-order valence-corrected chi connectivity index (χ0v) is 12.3. The van der Waals surface area contributed by atoms with Crippen LogP contribution in [-0.4, -0.2) is 20.0 Å². The molecule has 1 fully saturated rings. The second-order valence-corrected chi connectivity index (χ2v) is 4.92. The van der Waals surface area contributed by atoms with Crippen molar-refractivity contribution in [3.8, 4) is 18.1 Å². The van der Waals surface area contributed by atoms with Gasteiger partial charge in [0.1, 0.15) is 0 Å². The van der Waals surface area contributed by atoms with Crippen LogP contribution < -0.4 is 4.74 Å². The van der Waals surface area contributed by atoms with Gasteiger partial charge in [-0.1, -0.05) is 0 Å². The molecule has 1 saturated heterocycles. The quantitative estimate of drug-likeness (QED) is 0.616. The van der Waals surface area contributed by atoms with Crippen LogP contribution in [-0.2, 0) is 22.5 Å². The van der Waals surface area contributed by atoms with Gasteiger partial charge < -0.3 is 14.2 Å². The molecule has 1 aromatic carbocycles. The summed E-state index contributed by atoms with van der Waals surface area (Å²) in [6.07, 6.45) is 6.69. The Morgan fingerprint density at radius 1 is 1.18 bits per heavy atom. The Morgan fingerprint density at radius 3 is 2.50 bits per heavy atom. The molecule has 3 nitrogen and oxygen atoms in total. The predicted octanol–water partition coefficient (Wildman–Crippen LogP) is 3.33. The van der Waals surface area contributed by atoms with Crippen molar-refractivity contribution in [3.05, 3.63) is 28.6 Å².